The Balaban J connectivity index is 0.000000948. The minimum absolute atomic E-state index is 0.224. The van der Waals surface area contributed by atoms with Gasteiger partial charge in [0.05, 0.1) is 17.9 Å². The Morgan fingerprint density at radius 2 is 1.96 bits per heavy atom. The minimum Gasteiger partial charge on any atom is -0.493 e. The van der Waals surface area contributed by atoms with Crippen molar-refractivity contribution in [3.05, 3.63) is 46.8 Å². The van der Waals surface area contributed by atoms with E-state index in [9.17, 15) is 4.79 Å². The maximum atomic E-state index is 12.5. The highest BCUT2D eigenvalue weighted by Crippen LogP contribution is 2.35. The first kappa shape index (κ1) is 18.2. The van der Waals surface area contributed by atoms with Crippen molar-refractivity contribution >= 4 is 5.65 Å². The Morgan fingerprint density at radius 3 is 2.69 bits per heavy atom. The van der Waals surface area contributed by atoms with Crippen LogP contribution in [-0.4, -0.2) is 26.0 Å². The molecular weight excluding hydrogens is 328 g/mol. The quantitative estimate of drug-likeness (QED) is 0.763. The molecule has 1 aliphatic carbocycles. The molecule has 4 rings (SSSR count). The van der Waals surface area contributed by atoms with Gasteiger partial charge in [0.2, 0.25) is 0 Å². The number of aromatic amines is 1. The van der Waals surface area contributed by atoms with Crippen molar-refractivity contribution in [3.63, 3.8) is 0 Å². The first-order chi connectivity index (χ1) is 12.8. The number of hydrogen-bond donors (Lipinski definition) is 1. The van der Waals surface area contributed by atoms with Gasteiger partial charge in [-0.3, -0.25) is 4.98 Å². The largest absolute Gasteiger partial charge is 0.493 e. The molecule has 1 fully saturated rings. The van der Waals surface area contributed by atoms with Crippen LogP contribution in [0.4, 0.5) is 0 Å². The summed E-state index contributed by atoms with van der Waals surface area (Å²) in [6, 6.07) is 7.62. The fourth-order valence-electron chi connectivity index (χ4n) is 3.47. The van der Waals surface area contributed by atoms with Crippen molar-refractivity contribution in [2.75, 3.05) is 6.61 Å². The molecule has 0 aliphatic heterocycles. The van der Waals surface area contributed by atoms with E-state index in [0.717, 1.165) is 29.8 Å². The van der Waals surface area contributed by atoms with Crippen LogP contribution in [0.1, 0.15) is 58.1 Å². The van der Waals surface area contributed by atoms with Crippen molar-refractivity contribution in [1.29, 1.82) is 0 Å². The summed E-state index contributed by atoms with van der Waals surface area (Å²) in [5, 5.41) is 0. The van der Waals surface area contributed by atoms with Gasteiger partial charge >= 0.3 is 5.69 Å². The number of H-pyrrole nitrogens is 1. The van der Waals surface area contributed by atoms with Crippen LogP contribution in [0.3, 0.4) is 0 Å². The van der Waals surface area contributed by atoms with E-state index in [-0.39, 0.29) is 5.69 Å². The lowest BCUT2D eigenvalue weighted by atomic mass is 10.0. The number of nitrogens with one attached hydrogen (secondary N) is 1. The van der Waals surface area contributed by atoms with Gasteiger partial charge in [0.15, 0.2) is 5.65 Å². The fraction of sp³-hybridized carbons (Fsp3) is 0.450. The molecule has 1 N–H and O–H groups in total. The number of rotatable bonds is 4. The second kappa shape index (κ2) is 8.17. The number of fused-ring (bicyclic) bond motifs is 1. The van der Waals surface area contributed by atoms with Crippen molar-refractivity contribution in [2.45, 2.75) is 52.4 Å². The second-order valence-electron chi connectivity index (χ2n) is 6.12. The summed E-state index contributed by atoms with van der Waals surface area (Å²) < 4.78 is 7.17. The SMILES string of the molecule is CC.CCOc1ccccc1-c1nc2c(C3CCCC3)ncn2c(=O)[nH]1. The zero-order valence-electron chi connectivity index (χ0n) is 15.7. The molecule has 0 saturated heterocycles. The fourth-order valence-corrected chi connectivity index (χ4v) is 3.47. The summed E-state index contributed by atoms with van der Waals surface area (Å²) >= 11 is 0. The van der Waals surface area contributed by atoms with E-state index >= 15 is 0 Å². The molecular formula is C20H26N4O2. The van der Waals surface area contributed by atoms with Gasteiger partial charge in [-0.15, -0.1) is 0 Å². The number of imidazole rings is 1. The van der Waals surface area contributed by atoms with Gasteiger partial charge < -0.3 is 4.74 Å². The molecule has 0 atom stereocenters. The number of hydrogen-bond acceptors (Lipinski definition) is 4. The van der Waals surface area contributed by atoms with Gasteiger partial charge in [0, 0.05) is 5.92 Å². The molecule has 0 unspecified atom stereocenters. The highest BCUT2D eigenvalue weighted by Gasteiger charge is 2.23. The Labute approximate surface area is 153 Å². The molecule has 2 aromatic heterocycles. The predicted molar refractivity (Wildman–Crippen MR) is 103 cm³/mol. The van der Waals surface area contributed by atoms with Crippen LogP contribution in [0.5, 0.6) is 5.75 Å². The zero-order valence-corrected chi connectivity index (χ0v) is 15.7. The summed E-state index contributed by atoms with van der Waals surface area (Å²) in [5.74, 6) is 1.64. The average molecular weight is 354 g/mol. The van der Waals surface area contributed by atoms with E-state index in [1.807, 2.05) is 45.0 Å². The van der Waals surface area contributed by atoms with Crippen molar-refractivity contribution < 1.29 is 4.74 Å². The van der Waals surface area contributed by atoms with Crippen LogP contribution in [-0.2, 0) is 0 Å². The zero-order chi connectivity index (χ0) is 18.5. The van der Waals surface area contributed by atoms with Gasteiger partial charge in [-0.1, -0.05) is 38.8 Å². The Kier molecular flexibility index (Phi) is 5.71. The maximum Gasteiger partial charge on any atom is 0.334 e. The Bertz CT molecular complexity index is 923. The highest BCUT2D eigenvalue weighted by molar-refractivity contribution is 5.65. The number of para-hydroxylation sites is 1. The van der Waals surface area contributed by atoms with Crippen LogP contribution in [0.15, 0.2) is 35.4 Å². The van der Waals surface area contributed by atoms with Gasteiger partial charge in [-0.2, -0.15) is 0 Å². The second-order valence-corrected chi connectivity index (χ2v) is 6.12. The van der Waals surface area contributed by atoms with Crippen molar-refractivity contribution in [3.8, 4) is 17.1 Å². The number of benzene rings is 1. The van der Waals surface area contributed by atoms with E-state index in [1.165, 1.54) is 17.2 Å². The average Bonchev–Trinajstić information content (AvgIpc) is 3.33. The topological polar surface area (TPSA) is 72.3 Å². The highest BCUT2D eigenvalue weighted by atomic mass is 16.5. The molecule has 26 heavy (non-hydrogen) atoms. The summed E-state index contributed by atoms with van der Waals surface area (Å²) in [4.78, 5) is 24.5. The third-order valence-corrected chi connectivity index (χ3v) is 4.62. The Hall–Kier alpha value is -2.63. The third kappa shape index (κ3) is 3.36. The predicted octanol–water partition coefficient (Wildman–Crippen LogP) is 4.17. The lowest BCUT2D eigenvalue weighted by Crippen LogP contribution is -2.18. The van der Waals surface area contributed by atoms with E-state index < -0.39 is 0 Å². The van der Waals surface area contributed by atoms with Crippen molar-refractivity contribution in [2.24, 2.45) is 0 Å². The summed E-state index contributed by atoms with van der Waals surface area (Å²) in [5.41, 5.74) is 2.16. The minimum atomic E-state index is -0.224. The molecule has 1 aromatic carbocycles. The molecule has 0 radical (unpaired) electrons. The molecule has 3 aromatic rings. The van der Waals surface area contributed by atoms with E-state index in [1.54, 1.807) is 6.33 Å². The first-order valence-electron chi connectivity index (χ1n) is 9.47. The Morgan fingerprint density at radius 1 is 1.23 bits per heavy atom. The third-order valence-electron chi connectivity index (χ3n) is 4.62. The molecule has 138 valence electrons. The van der Waals surface area contributed by atoms with Gasteiger partial charge in [0.25, 0.3) is 0 Å². The summed E-state index contributed by atoms with van der Waals surface area (Å²) in [6.07, 6.45) is 6.24. The van der Waals surface area contributed by atoms with Crippen LogP contribution in [0.25, 0.3) is 17.0 Å². The van der Waals surface area contributed by atoms with E-state index in [4.69, 9.17) is 9.72 Å². The molecule has 1 saturated carbocycles. The molecule has 0 spiro atoms. The normalized spacial score (nSPS) is 14.3. The lowest BCUT2D eigenvalue weighted by molar-refractivity contribution is 0.341. The molecule has 2 heterocycles. The van der Waals surface area contributed by atoms with Crippen LogP contribution >= 0.6 is 0 Å². The smallest absolute Gasteiger partial charge is 0.334 e. The first-order valence-corrected chi connectivity index (χ1v) is 9.47. The van der Waals surface area contributed by atoms with Crippen LogP contribution in [0, 0.1) is 0 Å². The molecule has 1 aliphatic rings. The standard InChI is InChI=1S/C18H20N4O2.C2H6/c1-2-24-14-10-6-5-9-13(14)16-20-17-15(12-7-3-4-8-12)19-11-22(17)18(23)21-16;1-2/h5-6,9-12H,2-4,7-8H2,1H3,(H,20,21,23);1-2H3. The summed E-state index contributed by atoms with van der Waals surface area (Å²) in [7, 11) is 0. The van der Waals surface area contributed by atoms with Gasteiger partial charge in [0.1, 0.15) is 17.9 Å². The van der Waals surface area contributed by atoms with Crippen LogP contribution < -0.4 is 10.4 Å². The van der Waals surface area contributed by atoms with Crippen LogP contribution in [0.2, 0.25) is 0 Å². The maximum absolute atomic E-state index is 12.5. The molecule has 0 amide bonds. The van der Waals surface area contributed by atoms with E-state index in [2.05, 4.69) is 9.97 Å². The number of aromatic nitrogens is 4. The van der Waals surface area contributed by atoms with Gasteiger partial charge in [-0.25, -0.2) is 19.2 Å². The van der Waals surface area contributed by atoms with Gasteiger partial charge in [-0.05, 0) is 31.9 Å². The monoisotopic (exact) mass is 354 g/mol. The van der Waals surface area contributed by atoms with E-state index in [0.29, 0.717) is 24.0 Å². The summed E-state index contributed by atoms with van der Waals surface area (Å²) in [6.45, 7) is 6.49. The van der Waals surface area contributed by atoms with Crippen molar-refractivity contribution in [1.82, 2.24) is 19.4 Å². The molecule has 6 heteroatoms. The molecule has 0 bridgehead atoms. The molecule has 6 nitrogen and oxygen atoms in total. The number of ether oxygens (including phenoxy) is 1. The number of nitrogens with zero attached hydrogens (tertiary/aromatic N) is 3. The lowest BCUT2D eigenvalue weighted by Gasteiger charge is -2.10.